The summed E-state index contributed by atoms with van der Waals surface area (Å²) in [5.41, 5.74) is 1.01. The maximum atomic E-state index is 12.3. The van der Waals surface area contributed by atoms with Gasteiger partial charge in [-0.1, -0.05) is 17.2 Å². The Morgan fingerprint density at radius 1 is 1.29 bits per heavy atom. The van der Waals surface area contributed by atoms with Gasteiger partial charge in [-0.25, -0.2) is 9.36 Å². The van der Waals surface area contributed by atoms with Crippen molar-refractivity contribution in [2.75, 3.05) is 0 Å². The van der Waals surface area contributed by atoms with Crippen molar-refractivity contribution in [2.45, 2.75) is 19.5 Å². The number of benzene rings is 1. The monoisotopic (exact) mass is 227 g/mol. The van der Waals surface area contributed by atoms with Crippen LogP contribution < -0.4 is 10.1 Å². The van der Waals surface area contributed by atoms with E-state index >= 15 is 0 Å². The van der Waals surface area contributed by atoms with E-state index < -0.39 is 0 Å². The van der Waals surface area contributed by atoms with E-state index in [2.05, 4.69) is 9.67 Å². The highest BCUT2D eigenvalue weighted by atomic mass is 16.1. The number of hydrogen-bond acceptors (Lipinski definition) is 2. The molecule has 0 fully saturated rings. The van der Waals surface area contributed by atoms with Crippen LogP contribution in [0.3, 0.4) is 0 Å². The summed E-state index contributed by atoms with van der Waals surface area (Å²) in [7, 11) is 0. The van der Waals surface area contributed by atoms with Crippen molar-refractivity contribution in [3.63, 3.8) is 0 Å². The fraction of sp³-hybridized carbons (Fsp3) is 0.250. The molecular weight excluding hydrogens is 216 g/mol. The molecule has 5 nitrogen and oxygen atoms in total. The zero-order valence-corrected chi connectivity index (χ0v) is 9.21. The summed E-state index contributed by atoms with van der Waals surface area (Å²) in [5, 5.41) is 5.02. The minimum atomic E-state index is 0.0139. The standard InChI is InChI=1S/C12H11N4O/c17-11-9-4-1-2-5-10(9)14-6-3-7-16-12(14)15(11)8-13-16/h1-2,4-5,8H,3,6-7H2/q+1. The molecule has 0 bridgehead atoms. The Labute approximate surface area is 96.5 Å². The van der Waals surface area contributed by atoms with Gasteiger partial charge in [0.25, 0.3) is 0 Å². The van der Waals surface area contributed by atoms with Crippen LogP contribution in [0.5, 0.6) is 0 Å². The Kier molecular flexibility index (Phi) is 1.54. The molecular formula is C12H11N4O+. The predicted octanol–water partition coefficient (Wildman–Crippen LogP) is 0.340. The molecule has 1 aliphatic rings. The summed E-state index contributed by atoms with van der Waals surface area (Å²) in [4.78, 5) is 12.3. The van der Waals surface area contributed by atoms with E-state index in [9.17, 15) is 4.79 Å². The Hall–Kier alpha value is -2.17. The molecule has 84 valence electrons. The molecule has 4 rings (SSSR count). The highest BCUT2D eigenvalue weighted by molar-refractivity contribution is 5.75. The van der Waals surface area contributed by atoms with Crippen LogP contribution in [-0.2, 0) is 13.1 Å². The molecule has 0 amide bonds. The summed E-state index contributed by atoms with van der Waals surface area (Å²) in [6.45, 7) is 1.82. The number of nitrogens with zero attached hydrogens (tertiary/aromatic N) is 4. The summed E-state index contributed by atoms with van der Waals surface area (Å²) in [6, 6.07) is 7.74. The Morgan fingerprint density at radius 2 is 2.18 bits per heavy atom. The number of hydrogen-bond donors (Lipinski definition) is 0. The lowest BCUT2D eigenvalue weighted by Gasteiger charge is -2.11. The molecule has 0 spiro atoms. The van der Waals surface area contributed by atoms with Crippen LogP contribution in [0.2, 0.25) is 0 Å². The molecule has 0 aliphatic carbocycles. The summed E-state index contributed by atoms with van der Waals surface area (Å²) < 4.78 is 5.71. The molecule has 0 atom stereocenters. The third-order valence-corrected chi connectivity index (χ3v) is 3.39. The first kappa shape index (κ1) is 8.92. The molecule has 5 heteroatoms. The topological polar surface area (TPSA) is 43.2 Å². The zero-order valence-electron chi connectivity index (χ0n) is 9.21. The van der Waals surface area contributed by atoms with Crippen molar-refractivity contribution in [2.24, 2.45) is 0 Å². The van der Waals surface area contributed by atoms with Gasteiger partial charge in [0.15, 0.2) is 6.33 Å². The van der Waals surface area contributed by atoms with E-state index in [4.69, 9.17) is 0 Å². The second-order valence-corrected chi connectivity index (χ2v) is 4.35. The van der Waals surface area contributed by atoms with E-state index in [1.54, 1.807) is 10.7 Å². The number of rotatable bonds is 0. The SMILES string of the molecule is O=c1c2ccccc2[n+]2c3n(ncn13)CCC2. The van der Waals surface area contributed by atoms with Gasteiger partial charge in [-0.15, -0.1) is 9.08 Å². The van der Waals surface area contributed by atoms with E-state index in [1.165, 1.54) is 0 Å². The number of fused-ring (bicyclic) bond motifs is 2. The Balaban J connectivity index is 2.39. The molecule has 3 aromatic rings. The van der Waals surface area contributed by atoms with Crippen molar-refractivity contribution in [1.82, 2.24) is 14.2 Å². The molecule has 0 radical (unpaired) electrons. The van der Waals surface area contributed by atoms with Gasteiger partial charge in [0.1, 0.15) is 5.52 Å². The second kappa shape index (κ2) is 2.94. The molecule has 1 aliphatic heterocycles. The first-order chi connectivity index (χ1) is 8.36. The first-order valence-electron chi connectivity index (χ1n) is 5.75. The number of aryl methyl sites for hydroxylation is 2. The third kappa shape index (κ3) is 1.01. The Bertz CT molecular complexity index is 799. The first-order valence-corrected chi connectivity index (χ1v) is 5.75. The smallest absolute Gasteiger partial charge is 0.250 e. The van der Waals surface area contributed by atoms with Gasteiger partial charge in [-0.3, -0.25) is 0 Å². The fourth-order valence-electron chi connectivity index (χ4n) is 2.64. The van der Waals surface area contributed by atoms with Crippen LogP contribution in [-0.4, -0.2) is 14.2 Å². The highest BCUT2D eigenvalue weighted by Gasteiger charge is 2.25. The summed E-state index contributed by atoms with van der Waals surface area (Å²) >= 11 is 0. The highest BCUT2D eigenvalue weighted by Crippen LogP contribution is 2.10. The normalized spacial score (nSPS) is 14.6. The van der Waals surface area contributed by atoms with Gasteiger partial charge in [0.2, 0.25) is 0 Å². The Morgan fingerprint density at radius 3 is 3.12 bits per heavy atom. The van der Waals surface area contributed by atoms with Gasteiger partial charge >= 0.3 is 11.3 Å². The van der Waals surface area contributed by atoms with Crippen LogP contribution >= 0.6 is 0 Å². The van der Waals surface area contributed by atoms with Gasteiger partial charge < -0.3 is 0 Å². The van der Waals surface area contributed by atoms with Crippen LogP contribution in [0.4, 0.5) is 0 Å². The summed E-state index contributed by atoms with van der Waals surface area (Å²) in [6.07, 6.45) is 2.67. The maximum Gasteiger partial charge on any atom is 0.393 e. The molecule has 2 aromatic heterocycles. The minimum absolute atomic E-state index is 0.0139. The predicted molar refractivity (Wildman–Crippen MR) is 61.8 cm³/mol. The van der Waals surface area contributed by atoms with Crippen molar-refractivity contribution in [3.05, 3.63) is 40.9 Å². The van der Waals surface area contributed by atoms with Crippen LogP contribution in [0.1, 0.15) is 6.42 Å². The largest absolute Gasteiger partial charge is 0.393 e. The molecule has 3 heterocycles. The zero-order chi connectivity index (χ0) is 11.4. The van der Waals surface area contributed by atoms with Gasteiger partial charge in [-0.2, -0.15) is 0 Å². The quantitative estimate of drug-likeness (QED) is 0.520. The van der Waals surface area contributed by atoms with Crippen molar-refractivity contribution < 1.29 is 4.57 Å². The lowest BCUT2D eigenvalue weighted by atomic mass is 10.2. The van der Waals surface area contributed by atoms with Crippen molar-refractivity contribution in [3.8, 4) is 0 Å². The average molecular weight is 227 g/mol. The third-order valence-electron chi connectivity index (χ3n) is 3.39. The molecule has 0 N–H and O–H groups in total. The maximum absolute atomic E-state index is 12.3. The molecule has 17 heavy (non-hydrogen) atoms. The van der Waals surface area contributed by atoms with E-state index in [1.807, 2.05) is 28.9 Å². The van der Waals surface area contributed by atoms with E-state index in [0.717, 1.165) is 36.2 Å². The minimum Gasteiger partial charge on any atom is -0.250 e. The van der Waals surface area contributed by atoms with E-state index in [0.29, 0.717) is 0 Å². The molecule has 1 aromatic carbocycles. The fourth-order valence-corrected chi connectivity index (χ4v) is 2.64. The number of para-hydroxylation sites is 1. The van der Waals surface area contributed by atoms with Crippen molar-refractivity contribution >= 4 is 16.7 Å². The average Bonchev–Trinajstić information content (AvgIpc) is 2.81. The van der Waals surface area contributed by atoms with Gasteiger partial charge in [0, 0.05) is 6.42 Å². The summed E-state index contributed by atoms with van der Waals surface area (Å²) in [5.74, 6) is 0.889. The van der Waals surface area contributed by atoms with Gasteiger partial charge in [0.05, 0.1) is 18.5 Å². The molecule has 0 saturated heterocycles. The van der Waals surface area contributed by atoms with Gasteiger partial charge in [-0.05, 0) is 12.1 Å². The molecule has 0 unspecified atom stereocenters. The van der Waals surface area contributed by atoms with Crippen LogP contribution in [0.25, 0.3) is 16.7 Å². The lowest BCUT2D eigenvalue weighted by Crippen LogP contribution is -2.44. The molecule has 0 saturated carbocycles. The van der Waals surface area contributed by atoms with Crippen molar-refractivity contribution in [1.29, 1.82) is 0 Å². The number of aromatic nitrogens is 4. The van der Waals surface area contributed by atoms with Crippen LogP contribution in [0, 0.1) is 0 Å². The van der Waals surface area contributed by atoms with Crippen LogP contribution in [0.15, 0.2) is 35.4 Å². The van der Waals surface area contributed by atoms with E-state index in [-0.39, 0.29) is 5.56 Å². The second-order valence-electron chi connectivity index (χ2n) is 4.35. The lowest BCUT2D eigenvalue weighted by molar-refractivity contribution is -0.656.